The summed E-state index contributed by atoms with van der Waals surface area (Å²) in [5, 5.41) is 0.494. The van der Waals surface area contributed by atoms with Gasteiger partial charge in [-0.05, 0) is 54.3 Å². The van der Waals surface area contributed by atoms with E-state index in [0.717, 1.165) is 41.4 Å². The highest BCUT2D eigenvalue weighted by Crippen LogP contribution is 2.67. The minimum absolute atomic E-state index is 0.494. The SMILES string of the molecule is CC1C(Cl)C2CC1C1C3C=CC(C3)C21. The molecular weight excluding hydrogens is 192 g/mol. The molecule has 0 aromatic rings. The van der Waals surface area contributed by atoms with E-state index in [1.54, 1.807) is 0 Å². The maximum absolute atomic E-state index is 6.54. The molecule has 0 spiro atoms. The molecule has 0 heterocycles. The van der Waals surface area contributed by atoms with Crippen molar-refractivity contribution in [1.82, 2.24) is 0 Å². The van der Waals surface area contributed by atoms with Crippen LogP contribution in [0.25, 0.3) is 0 Å². The van der Waals surface area contributed by atoms with Gasteiger partial charge in [0.05, 0.1) is 0 Å². The highest BCUT2D eigenvalue weighted by molar-refractivity contribution is 6.21. The molecule has 76 valence electrons. The fourth-order valence-electron chi connectivity index (χ4n) is 5.27. The molecule has 4 rings (SSSR count). The number of fused-ring (bicyclic) bond motifs is 9. The predicted molar refractivity (Wildman–Crippen MR) is 58.1 cm³/mol. The summed E-state index contributed by atoms with van der Waals surface area (Å²) < 4.78 is 0. The maximum atomic E-state index is 6.54. The van der Waals surface area contributed by atoms with Crippen molar-refractivity contribution in [2.24, 2.45) is 41.4 Å². The first-order valence-electron chi connectivity index (χ1n) is 6.10. The molecule has 4 aliphatic carbocycles. The van der Waals surface area contributed by atoms with E-state index in [0.29, 0.717) is 5.38 Å². The van der Waals surface area contributed by atoms with Crippen molar-refractivity contribution < 1.29 is 0 Å². The number of alkyl halides is 1. The molecular formula is C13H17Cl. The lowest BCUT2D eigenvalue weighted by Gasteiger charge is -2.38. The largest absolute Gasteiger partial charge is 0.122 e. The Labute approximate surface area is 90.7 Å². The zero-order valence-corrected chi connectivity index (χ0v) is 9.32. The van der Waals surface area contributed by atoms with Crippen molar-refractivity contribution >= 4 is 11.6 Å². The lowest BCUT2D eigenvalue weighted by molar-refractivity contribution is 0.164. The molecule has 3 fully saturated rings. The molecule has 0 aliphatic heterocycles. The quantitative estimate of drug-likeness (QED) is 0.326. The standard InChI is InChI=1S/C13H17Cl/c1-6-9-5-10(13(6)14)12-8-3-2-7(4-8)11(9)12/h2-3,6-13H,4-5H2,1H3. The average Bonchev–Trinajstić information content (AvgIpc) is 2.87. The van der Waals surface area contributed by atoms with Gasteiger partial charge in [0.15, 0.2) is 0 Å². The summed E-state index contributed by atoms with van der Waals surface area (Å²) in [6.07, 6.45) is 7.89. The smallest absolute Gasteiger partial charge is 0.0395 e. The van der Waals surface area contributed by atoms with Crippen LogP contribution < -0.4 is 0 Å². The predicted octanol–water partition coefficient (Wildman–Crippen LogP) is 3.32. The highest BCUT2D eigenvalue weighted by Gasteiger charge is 2.63. The number of halogens is 1. The Hall–Kier alpha value is 0.0300. The van der Waals surface area contributed by atoms with Crippen LogP contribution >= 0.6 is 11.6 Å². The second-order valence-electron chi connectivity index (χ2n) is 5.97. The van der Waals surface area contributed by atoms with Crippen LogP contribution in [0.2, 0.25) is 0 Å². The van der Waals surface area contributed by atoms with Gasteiger partial charge in [0.2, 0.25) is 0 Å². The van der Waals surface area contributed by atoms with Gasteiger partial charge in [-0.3, -0.25) is 0 Å². The third-order valence-electron chi connectivity index (χ3n) is 5.70. The first kappa shape index (κ1) is 8.21. The summed E-state index contributed by atoms with van der Waals surface area (Å²) in [5.41, 5.74) is 0. The second-order valence-corrected chi connectivity index (χ2v) is 6.47. The van der Waals surface area contributed by atoms with E-state index in [9.17, 15) is 0 Å². The molecule has 14 heavy (non-hydrogen) atoms. The Morgan fingerprint density at radius 2 is 1.64 bits per heavy atom. The number of rotatable bonds is 0. The van der Waals surface area contributed by atoms with Crippen LogP contribution in [-0.2, 0) is 0 Å². The minimum atomic E-state index is 0.494. The van der Waals surface area contributed by atoms with Gasteiger partial charge in [0.25, 0.3) is 0 Å². The molecule has 0 N–H and O–H groups in total. The van der Waals surface area contributed by atoms with Crippen molar-refractivity contribution in [3.8, 4) is 0 Å². The summed E-state index contributed by atoms with van der Waals surface area (Å²) in [7, 11) is 0. The monoisotopic (exact) mass is 208 g/mol. The average molecular weight is 209 g/mol. The molecule has 4 aliphatic rings. The number of hydrogen-bond acceptors (Lipinski definition) is 0. The van der Waals surface area contributed by atoms with Gasteiger partial charge in [-0.15, -0.1) is 11.6 Å². The van der Waals surface area contributed by atoms with Crippen LogP contribution in [0.1, 0.15) is 19.8 Å². The Balaban J connectivity index is 1.78. The Morgan fingerprint density at radius 3 is 2.36 bits per heavy atom. The molecule has 0 aromatic carbocycles. The van der Waals surface area contributed by atoms with E-state index in [2.05, 4.69) is 19.1 Å². The first-order chi connectivity index (χ1) is 6.77. The number of hydrogen-bond donors (Lipinski definition) is 0. The summed E-state index contributed by atoms with van der Waals surface area (Å²) in [6, 6.07) is 0. The lowest BCUT2D eigenvalue weighted by Crippen LogP contribution is -2.36. The van der Waals surface area contributed by atoms with Gasteiger partial charge in [-0.25, -0.2) is 0 Å². The molecule has 8 unspecified atom stereocenters. The fraction of sp³-hybridized carbons (Fsp3) is 0.846. The van der Waals surface area contributed by atoms with Crippen LogP contribution in [0, 0.1) is 41.4 Å². The topological polar surface area (TPSA) is 0 Å². The molecule has 0 nitrogen and oxygen atoms in total. The van der Waals surface area contributed by atoms with E-state index in [1.807, 2.05) is 0 Å². The maximum Gasteiger partial charge on any atom is 0.0395 e. The lowest BCUT2D eigenvalue weighted by atomic mass is 9.70. The summed E-state index contributed by atoms with van der Waals surface area (Å²) >= 11 is 6.54. The van der Waals surface area contributed by atoms with Crippen molar-refractivity contribution in [1.29, 1.82) is 0 Å². The van der Waals surface area contributed by atoms with E-state index in [-0.39, 0.29) is 0 Å². The van der Waals surface area contributed by atoms with Crippen LogP contribution in [-0.4, -0.2) is 5.38 Å². The van der Waals surface area contributed by atoms with E-state index < -0.39 is 0 Å². The minimum Gasteiger partial charge on any atom is -0.122 e. The normalized spacial score (nSPS) is 67.9. The van der Waals surface area contributed by atoms with E-state index >= 15 is 0 Å². The molecule has 0 saturated heterocycles. The molecule has 3 saturated carbocycles. The molecule has 8 atom stereocenters. The van der Waals surface area contributed by atoms with Crippen molar-refractivity contribution in [2.45, 2.75) is 25.1 Å². The fourth-order valence-corrected chi connectivity index (χ4v) is 5.72. The van der Waals surface area contributed by atoms with E-state index in [1.165, 1.54) is 12.8 Å². The number of allylic oxidation sites excluding steroid dienone is 2. The Morgan fingerprint density at radius 1 is 1.00 bits per heavy atom. The van der Waals surface area contributed by atoms with Gasteiger partial charge in [-0.2, -0.15) is 0 Å². The van der Waals surface area contributed by atoms with Crippen LogP contribution in [0.15, 0.2) is 12.2 Å². The van der Waals surface area contributed by atoms with Crippen molar-refractivity contribution in [2.75, 3.05) is 0 Å². The summed E-state index contributed by atoms with van der Waals surface area (Å²) in [6.45, 7) is 2.38. The Kier molecular flexibility index (Phi) is 1.41. The summed E-state index contributed by atoms with van der Waals surface area (Å²) in [5.74, 6) is 6.47. The molecule has 0 radical (unpaired) electrons. The third kappa shape index (κ3) is 0.722. The first-order valence-corrected chi connectivity index (χ1v) is 6.53. The highest BCUT2D eigenvalue weighted by atomic mass is 35.5. The molecule has 0 amide bonds. The van der Waals surface area contributed by atoms with Crippen LogP contribution in [0.4, 0.5) is 0 Å². The zero-order valence-electron chi connectivity index (χ0n) is 8.57. The third-order valence-corrected chi connectivity index (χ3v) is 6.42. The van der Waals surface area contributed by atoms with Crippen molar-refractivity contribution in [3.05, 3.63) is 12.2 Å². The molecule has 4 bridgehead atoms. The van der Waals surface area contributed by atoms with Gasteiger partial charge in [-0.1, -0.05) is 19.1 Å². The van der Waals surface area contributed by atoms with Crippen molar-refractivity contribution in [3.63, 3.8) is 0 Å². The molecule has 0 aromatic heterocycles. The summed E-state index contributed by atoms with van der Waals surface area (Å²) in [4.78, 5) is 0. The van der Waals surface area contributed by atoms with Gasteiger partial charge >= 0.3 is 0 Å². The second kappa shape index (κ2) is 2.40. The van der Waals surface area contributed by atoms with Crippen LogP contribution in [0.3, 0.4) is 0 Å². The van der Waals surface area contributed by atoms with Gasteiger partial charge < -0.3 is 0 Å². The Bertz CT molecular complexity index is 280. The zero-order chi connectivity index (χ0) is 9.45. The van der Waals surface area contributed by atoms with E-state index in [4.69, 9.17) is 11.6 Å². The van der Waals surface area contributed by atoms with Gasteiger partial charge in [0.1, 0.15) is 0 Å². The van der Waals surface area contributed by atoms with Crippen LogP contribution in [0.5, 0.6) is 0 Å². The van der Waals surface area contributed by atoms with Gasteiger partial charge in [0, 0.05) is 5.38 Å². The molecule has 1 heteroatoms.